The minimum atomic E-state index is -0.608. The Hall–Kier alpha value is -0.120. The number of hydrogen-bond donors (Lipinski definition) is 1. The van der Waals surface area contributed by atoms with Crippen LogP contribution in [0.2, 0.25) is 0 Å². The van der Waals surface area contributed by atoms with E-state index in [0.717, 1.165) is 6.54 Å². The molecule has 0 saturated carbocycles. The molecule has 0 amide bonds. The van der Waals surface area contributed by atoms with E-state index in [0.29, 0.717) is 13.2 Å². The predicted molar refractivity (Wildman–Crippen MR) is 91.5 cm³/mol. The van der Waals surface area contributed by atoms with Gasteiger partial charge in [-0.2, -0.15) is 0 Å². The fraction of sp³-hybridized carbons (Fsp3) is 1.00. The normalized spacial score (nSPS) is 12.0. The molecule has 0 saturated heterocycles. The molecule has 0 rings (SSSR count). The number of ether oxygens (including phenoxy) is 2. The highest BCUT2D eigenvalue weighted by Crippen LogP contribution is 2.11. The Balaban J connectivity index is 3.37. The van der Waals surface area contributed by atoms with Gasteiger partial charge in [-0.3, -0.25) is 5.32 Å². The topological polar surface area (TPSA) is 30.5 Å². The van der Waals surface area contributed by atoms with Crippen molar-refractivity contribution in [1.82, 2.24) is 5.32 Å². The molecule has 0 aromatic heterocycles. The van der Waals surface area contributed by atoms with E-state index in [1.54, 1.807) is 0 Å². The molecule has 0 heterocycles. The van der Waals surface area contributed by atoms with Crippen molar-refractivity contribution in [2.75, 3.05) is 19.8 Å². The van der Waals surface area contributed by atoms with Crippen LogP contribution in [0.15, 0.2) is 0 Å². The molecule has 128 valence electrons. The summed E-state index contributed by atoms with van der Waals surface area (Å²) in [5, 5.41) is 3.38. The van der Waals surface area contributed by atoms with E-state index in [1.165, 1.54) is 64.2 Å². The van der Waals surface area contributed by atoms with E-state index in [4.69, 9.17) is 9.47 Å². The van der Waals surface area contributed by atoms with Crippen molar-refractivity contribution >= 4 is 0 Å². The first-order valence-electron chi connectivity index (χ1n) is 9.21. The third-order valence-corrected chi connectivity index (χ3v) is 3.82. The standard InChI is InChI=1S/C18H39NO2/c1-5-8-9-10-11-12-13-14-15-16-17-19-18(4,20-6-2)21-7-3/h19H,5-17H2,1-4H3. The van der Waals surface area contributed by atoms with Gasteiger partial charge in [0.1, 0.15) is 0 Å². The van der Waals surface area contributed by atoms with Crippen molar-refractivity contribution in [1.29, 1.82) is 0 Å². The van der Waals surface area contributed by atoms with Gasteiger partial charge in [-0.25, -0.2) is 0 Å². The molecule has 0 fully saturated rings. The molecule has 3 heteroatoms. The third kappa shape index (κ3) is 13.3. The van der Waals surface area contributed by atoms with E-state index in [-0.39, 0.29) is 0 Å². The first kappa shape index (κ1) is 20.9. The molecule has 1 N–H and O–H groups in total. The van der Waals surface area contributed by atoms with Crippen molar-refractivity contribution in [3.63, 3.8) is 0 Å². The zero-order valence-electron chi connectivity index (χ0n) is 15.0. The Labute approximate surface area is 133 Å². The van der Waals surface area contributed by atoms with Crippen LogP contribution in [0.3, 0.4) is 0 Å². The van der Waals surface area contributed by atoms with E-state index >= 15 is 0 Å². The molecule has 0 unspecified atom stereocenters. The summed E-state index contributed by atoms with van der Waals surface area (Å²) in [4.78, 5) is 0. The second-order valence-corrected chi connectivity index (χ2v) is 5.92. The molecule has 0 aliphatic rings. The molecule has 0 bridgehead atoms. The molecule has 21 heavy (non-hydrogen) atoms. The third-order valence-electron chi connectivity index (χ3n) is 3.82. The van der Waals surface area contributed by atoms with Gasteiger partial charge in [0.15, 0.2) is 0 Å². The maximum absolute atomic E-state index is 5.63. The van der Waals surface area contributed by atoms with Crippen LogP contribution >= 0.6 is 0 Å². The molecule has 0 radical (unpaired) electrons. The molecular weight excluding hydrogens is 262 g/mol. The second-order valence-electron chi connectivity index (χ2n) is 5.92. The van der Waals surface area contributed by atoms with Crippen LogP contribution in [0, 0.1) is 0 Å². The minimum absolute atomic E-state index is 0.608. The lowest BCUT2D eigenvalue weighted by atomic mass is 10.1. The van der Waals surface area contributed by atoms with Crippen LogP contribution in [0.5, 0.6) is 0 Å². The van der Waals surface area contributed by atoms with Gasteiger partial charge in [-0.1, -0.05) is 64.7 Å². The van der Waals surface area contributed by atoms with E-state index in [9.17, 15) is 0 Å². The monoisotopic (exact) mass is 301 g/mol. The quantitative estimate of drug-likeness (QED) is 0.312. The Morgan fingerprint density at radius 2 is 1.10 bits per heavy atom. The second kappa shape index (κ2) is 14.8. The van der Waals surface area contributed by atoms with Crippen molar-refractivity contribution < 1.29 is 9.47 Å². The molecule has 0 spiro atoms. The van der Waals surface area contributed by atoms with E-state index in [1.807, 2.05) is 20.8 Å². The predicted octanol–water partition coefficient (Wildman–Crippen LogP) is 5.24. The highest BCUT2D eigenvalue weighted by Gasteiger charge is 2.23. The summed E-state index contributed by atoms with van der Waals surface area (Å²) in [6.45, 7) is 10.5. The van der Waals surface area contributed by atoms with Gasteiger partial charge in [0.05, 0.1) is 0 Å². The summed E-state index contributed by atoms with van der Waals surface area (Å²) >= 11 is 0. The van der Waals surface area contributed by atoms with Gasteiger partial charge in [0, 0.05) is 26.7 Å². The Morgan fingerprint density at radius 3 is 1.52 bits per heavy atom. The summed E-state index contributed by atoms with van der Waals surface area (Å²) in [5.74, 6) is -0.608. The maximum Gasteiger partial charge on any atom is 0.224 e. The first-order chi connectivity index (χ1) is 10.2. The van der Waals surface area contributed by atoms with Crippen LogP contribution in [0.4, 0.5) is 0 Å². The number of rotatable bonds is 16. The summed E-state index contributed by atoms with van der Waals surface area (Å²) in [6.07, 6.45) is 13.7. The average Bonchev–Trinajstić information content (AvgIpc) is 2.45. The summed E-state index contributed by atoms with van der Waals surface area (Å²) in [7, 11) is 0. The Bertz CT molecular complexity index is 203. The van der Waals surface area contributed by atoms with Crippen LogP contribution < -0.4 is 5.32 Å². The zero-order valence-corrected chi connectivity index (χ0v) is 15.0. The molecule has 0 aliphatic heterocycles. The van der Waals surface area contributed by atoms with Crippen LogP contribution in [0.1, 0.15) is 91.9 Å². The van der Waals surface area contributed by atoms with Gasteiger partial charge in [0.25, 0.3) is 0 Å². The van der Waals surface area contributed by atoms with Crippen LogP contribution in [0.25, 0.3) is 0 Å². The molecular formula is C18H39NO2. The lowest BCUT2D eigenvalue weighted by Crippen LogP contribution is -2.47. The highest BCUT2D eigenvalue weighted by molar-refractivity contribution is 4.60. The smallest absolute Gasteiger partial charge is 0.224 e. The molecule has 0 atom stereocenters. The number of unbranched alkanes of at least 4 members (excludes halogenated alkanes) is 9. The molecule has 3 nitrogen and oxygen atoms in total. The van der Waals surface area contributed by atoms with Gasteiger partial charge in [-0.05, 0) is 20.3 Å². The highest BCUT2D eigenvalue weighted by atomic mass is 16.7. The fourth-order valence-corrected chi connectivity index (χ4v) is 2.62. The summed E-state index contributed by atoms with van der Waals surface area (Å²) in [5.41, 5.74) is 0. The fourth-order valence-electron chi connectivity index (χ4n) is 2.62. The molecule has 0 aromatic rings. The number of hydrogen-bond acceptors (Lipinski definition) is 3. The average molecular weight is 302 g/mol. The Morgan fingerprint density at radius 1 is 0.667 bits per heavy atom. The first-order valence-corrected chi connectivity index (χ1v) is 9.21. The van der Waals surface area contributed by atoms with Gasteiger partial charge in [0.2, 0.25) is 5.91 Å². The lowest BCUT2D eigenvalue weighted by Gasteiger charge is -2.30. The summed E-state index contributed by atoms with van der Waals surface area (Å²) in [6, 6.07) is 0. The number of nitrogens with one attached hydrogen (secondary N) is 1. The molecule has 0 aliphatic carbocycles. The largest absolute Gasteiger partial charge is 0.338 e. The van der Waals surface area contributed by atoms with Gasteiger partial charge >= 0.3 is 0 Å². The van der Waals surface area contributed by atoms with Gasteiger partial charge in [-0.15, -0.1) is 0 Å². The maximum atomic E-state index is 5.63. The van der Waals surface area contributed by atoms with Crippen molar-refractivity contribution in [3.05, 3.63) is 0 Å². The Kier molecular flexibility index (Phi) is 14.7. The van der Waals surface area contributed by atoms with Crippen LogP contribution in [-0.2, 0) is 9.47 Å². The van der Waals surface area contributed by atoms with Gasteiger partial charge < -0.3 is 9.47 Å². The van der Waals surface area contributed by atoms with Crippen molar-refractivity contribution in [2.45, 2.75) is 97.8 Å². The van der Waals surface area contributed by atoms with E-state index in [2.05, 4.69) is 12.2 Å². The SMILES string of the molecule is CCCCCCCCCCCCNC(C)(OCC)OCC. The lowest BCUT2D eigenvalue weighted by molar-refractivity contribution is -0.240. The van der Waals surface area contributed by atoms with E-state index < -0.39 is 5.91 Å². The summed E-state index contributed by atoms with van der Waals surface area (Å²) < 4.78 is 11.3. The van der Waals surface area contributed by atoms with Crippen molar-refractivity contribution in [3.8, 4) is 0 Å². The zero-order chi connectivity index (χ0) is 15.8. The van der Waals surface area contributed by atoms with Crippen LogP contribution in [-0.4, -0.2) is 25.7 Å². The molecule has 0 aromatic carbocycles. The minimum Gasteiger partial charge on any atom is -0.338 e. The van der Waals surface area contributed by atoms with Crippen molar-refractivity contribution in [2.24, 2.45) is 0 Å².